The summed E-state index contributed by atoms with van der Waals surface area (Å²) in [4.78, 5) is 24.5. The summed E-state index contributed by atoms with van der Waals surface area (Å²) in [5, 5.41) is 2.80. The molecule has 4 heteroatoms. The molecule has 4 nitrogen and oxygen atoms in total. The van der Waals surface area contributed by atoms with Gasteiger partial charge in [-0.3, -0.25) is 9.59 Å². The molecule has 3 aromatic rings. The summed E-state index contributed by atoms with van der Waals surface area (Å²) in [6.45, 7) is 0. The molecule has 3 aromatic carbocycles. The number of nitrogens with one attached hydrogen (secondary N) is 1. The van der Waals surface area contributed by atoms with Gasteiger partial charge < -0.3 is 11.1 Å². The third kappa shape index (κ3) is 4.36. The van der Waals surface area contributed by atoms with Gasteiger partial charge >= 0.3 is 0 Å². The first-order chi connectivity index (χ1) is 12.6. The number of ketones is 1. The minimum absolute atomic E-state index is 0.118. The van der Waals surface area contributed by atoms with E-state index >= 15 is 0 Å². The Morgan fingerprint density at radius 3 is 2.12 bits per heavy atom. The van der Waals surface area contributed by atoms with Gasteiger partial charge in [0.15, 0.2) is 5.78 Å². The van der Waals surface area contributed by atoms with Crippen molar-refractivity contribution in [3.63, 3.8) is 0 Å². The van der Waals surface area contributed by atoms with Crippen LogP contribution in [0.5, 0.6) is 0 Å². The average Bonchev–Trinajstić information content (AvgIpc) is 2.69. The average molecular weight is 344 g/mol. The molecule has 0 radical (unpaired) electrons. The van der Waals surface area contributed by atoms with Crippen LogP contribution >= 0.6 is 0 Å². The van der Waals surface area contributed by atoms with E-state index in [-0.39, 0.29) is 11.7 Å². The molecule has 0 bridgehead atoms. The molecule has 0 aliphatic carbocycles. The van der Waals surface area contributed by atoms with Crippen LogP contribution in [0.15, 0.2) is 78.9 Å². The summed E-state index contributed by atoms with van der Waals surface area (Å²) in [7, 11) is 0. The van der Waals surface area contributed by atoms with Crippen molar-refractivity contribution >= 4 is 23.1 Å². The van der Waals surface area contributed by atoms with Crippen LogP contribution in [0.25, 0.3) is 0 Å². The van der Waals surface area contributed by atoms with Gasteiger partial charge in [-0.1, -0.05) is 54.6 Å². The maximum atomic E-state index is 12.3. The number of aryl methyl sites for hydroxylation is 1. The zero-order valence-electron chi connectivity index (χ0n) is 14.3. The van der Waals surface area contributed by atoms with Crippen molar-refractivity contribution in [1.29, 1.82) is 0 Å². The Morgan fingerprint density at radius 1 is 0.769 bits per heavy atom. The highest BCUT2D eigenvalue weighted by Gasteiger charge is 2.09. The summed E-state index contributed by atoms with van der Waals surface area (Å²) >= 11 is 0. The molecule has 3 N–H and O–H groups in total. The van der Waals surface area contributed by atoms with Crippen LogP contribution in [0.4, 0.5) is 11.4 Å². The molecule has 0 saturated carbocycles. The lowest BCUT2D eigenvalue weighted by Gasteiger charge is -2.08. The standard InChI is InChI=1S/C22H20N2O2/c23-19-8-4-5-9-20(19)24-22(26)18-13-10-16(11-14-18)12-15-21(25)17-6-2-1-3-7-17/h1-11,13-14H,12,15,23H2,(H,24,26). The second kappa shape index (κ2) is 8.12. The van der Waals surface area contributed by atoms with E-state index in [2.05, 4.69) is 5.32 Å². The molecule has 130 valence electrons. The van der Waals surface area contributed by atoms with Gasteiger partial charge in [0.2, 0.25) is 0 Å². The zero-order valence-corrected chi connectivity index (χ0v) is 14.3. The Hall–Kier alpha value is -3.40. The zero-order chi connectivity index (χ0) is 18.4. The molecule has 0 atom stereocenters. The Bertz CT molecular complexity index is 903. The van der Waals surface area contributed by atoms with E-state index in [1.165, 1.54) is 0 Å². The Labute approximate surface area is 152 Å². The van der Waals surface area contributed by atoms with Crippen molar-refractivity contribution in [1.82, 2.24) is 0 Å². The molecule has 0 aliphatic rings. The van der Waals surface area contributed by atoms with Gasteiger partial charge in [-0.05, 0) is 36.2 Å². The van der Waals surface area contributed by atoms with Gasteiger partial charge in [-0.25, -0.2) is 0 Å². The number of Topliss-reactive ketones (excluding diaryl/α,β-unsaturated/α-hetero) is 1. The molecular formula is C22H20N2O2. The highest BCUT2D eigenvalue weighted by atomic mass is 16.1. The molecule has 1 amide bonds. The fourth-order valence-corrected chi connectivity index (χ4v) is 2.65. The van der Waals surface area contributed by atoms with E-state index in [9.17, 15) is 9.59 Å². The molecule has 0 aromatic heterocycles. The maximum absolute atomic E-state index is 12.3. The highest BCUT2D eigenvalue weighted by molar-refractivity contribution is 6.05. The summed E-state index contributed by atoms with van der Waals surface area (Å²) in [6, 6.07) is 23.7. The fourth-order valence-electron chi connectivity index (χ4n) is 2.65. The van der Waals surface area contributed by atoms with Gasteiger partial charge in [0.05, 0.1) is 11.4 Å². The maximum Gasteiger partial charge on any atom is 0.255 e. The number of hydrogen-bond donors (Lipinski definition) is 2. The number of nitrogen functional groups attached to an aromatic ring is 1. The highest BCUT2D eigenvalue weighted by Crippen LogP contribution is 2.18. The molecule has 0 fully saturated rings. The summed E-state index contributed by atoms with van der Waals surface area (Å²) < 4.78 is 0. The summed E-state index contributed by atoms with van der Waals surface area (Å²) in [5.74, 6) is -0.0956. The third-order valence-electron chi connectivity index (χ3n) is 4.16. The van der Waals surface area contributed by atoms with Crippen LogP contribution in [0.1, 0.15) is 32.7 Å². The summed E-state index contributed by atoms with van der Waals surface area (Å²) in [6.07, 6.45) is 1.08. The minimum atomic E-state index is -0.213. The second-order valence-corrected chi connectivity index (χ2v) is 6.03. The topological polar surface area (TPSA) is 72.2 Å². The number of para-hydroxylation sites is 2. The number of rotatable bonds is 6. The largest absolute Gasteiger partial charge is 0.397 e. The predicted octanol–water partition coefficient (Wildman–Crippen LogP) is 4.34. The van der Waals surface area contributed by atoms with Crippen molar-refractivity contribution in [3.8, 4) is 0 Å². The number of benzene rings is 3. The van der Waals surface area contributed by atoms with Crippen LogP contribution in [0.3, 0.4) is 0 Å². The molecule has 0 spiro atoms. The van der Waals surface area contributed by atoms with Crippen molar-refractivity contribution in [3.05, 3.63) is 95.6 Å². The SMILES string of the molecule is Nc1ccccc1NC(=O)c1ccc(CCC(=O)c2ccccc2)cc1. The number of carbonyl (C=O) groups is 2. The summed E-state index contributed by atoms with van der Waals surface area (Å²) in [5.41, 5.74) is 9.25. The molecule has 0 saturated heterocycles. The lowest BCUT2D eigenvalue weighted by molar-refractivity contribution is 0.0981. The molecule has 26 heavy (non-hydrogen) atoms. The van der Waals surface area contributed by atoms with E-state index in [1.807, 2.05) is 54.6 Å². The van der Waals surface area contributed by atoms with Gasteiger partial charge in [0, 0.05) is 17.5 Å². The van der Waals surface area contributed by atoms with Crippen LogP contribution in [-0.2, 0) is 6.42 Å². The smallest absolute Gasteiger partial charge is 0.255 e. The van der Waals surface area contributed by atoms with E-state index in [4.69, 9.17) is 5.73 Å². The van der Waals surface area contributed by atoms with Gasteiger partial charge in [-0.15, -0.1) is 0 Å². The van der Waals surface area contributed by atoms with Crippen molar-refractivity contribution in [2.75, 3.05) is 11.1 Å². The number of amides is 1. The van der Waals surface area contributed by atoms with Crippen molar-refractivity contribution in [2.24, 2.45) is 0 Å². The molecule has 0 aliphatic heterocycles. The number of hydrogen-bond acceptors (Lipinski definition) is 3. The van der Waals surface area contributed by atoms with E-state index in [0.717, 1.165) is 11.1 Å². The Balaban J connectivity index is 1.59. The lowest BCUT2D eigenvalue weighted by Crippen LogP contribution is -2.13. The monoisotopic (exact) mass is 344 g/mol. The van der Waals surface area contributed by atoms with Gasteiger partial charge in [-0.2, -0.15) is 0 Å². The second-order valence-electron chi connectivity index (χ2n) is 6.03. The van der Waals surface area contributed by atoms with Gasteiger partial charge in [0.25, 0.3) is 5.91 Å². The molecule has 3 rings (SSSR count). The lowest BCUT2D eigenvalue weighted by atomic mass is 10.0. The van der Waals surface area contributed by atoms with Crippen LogP contribution in [-0.4, -0.2) is 11.7 Å². The number of carbonyl (C=O) groups excluding carboxylic acids is 2. The van der Waals surface area contributed by atoms with Crippen molar-refractivity contribution < 1.29 is 9.59 Å². The van der Waals surface area contributed by atoms with E-state index < -0.39 is 0 Å². The fraction of sp³-hybridized carbons (Fsp3) is 0.0909. The molecule has 0 heterocycles. The van der Waals surface area contributed by atoms with Crippen LogP contribution < -0.4 is 11.1 Å². The van der Waals surface area contributed by atoms with Crippen LogP contribution in [0, 0.1) is 0 Å². The van der Waals surface area contributed by atoms with E-state index in [0.29, 0.717) is 29.8 Å². The predicted molar refractivity (Wildman–Crippen MR) is 104 cm³/mol. The quantitative estimate of drug-likeness (QED) is 0.516. The third-order valence-corrected chi connectivity index (χ3v) is 4.16. The van der Waals surface area contributed by atoms with Crippen LogP contribution in [0.2, 0.25) is 0 Å². The number of nitrogens with two attached hydrogens (primary N) is 1. The Kier molecular flexibility index (Phi) is 5.44. The first kappa shape index (κ1) is 17.4. The first-order valence-corrected chi connectivity index (χ1v) is 8.46. The van der Waals surface area contributed by atoms with E-state index in [1.54, 1.807) is 24.3 Å². The Morgan fingerprint density at radius 2 is 1.42 bits per heavy atom. The molecule has 0 unspecified atom stereocenters. The number of anilines is 2. The van der Waals surface area contributed by atoms with Crippen molar-refractivity contribution in [2.45, 2.75) is 12.8 Å². The normalized spacial score (nSPS) is 10.3. The first-order valence-electron chi connectivity index (χ1n) is 8.46. The minimum Gasteiger partial charge on any atom is -0.397 e. The van der Waals surface area contributed by atoms with Gasteiger partial charge in [0.1, 0.15) is 0 Å². The molecular weight excluding hydrogens is 324 g/mol.